The van der Waals surface area contributed by atoms with Crippen molar-refractivity contribution in [1.82, 2.24) is 10.3 Å². The van der Waals surface area contributed by atoms with Crippen LogP contribution in [0.25, 0.3) is 11.5 Å². The van der Waals surface area contributed by atoms with Crippen molar-refractivity contribution in [3.05, 3.63) is 46.4 Å². The van der Waals surface area contributed by atoms with Gasteiger partial charge in [-0.1, -0.05) is 13.8 Å². The maximum atomic E-state index is 11.9. The Bertz CT molecular complexity index is 627. The molecule has 2 aromatic rings. The topological polar surface area (TPSA) is 75.1 Å². The van der Waals surface area contributed by atoms with Crippen molar-refractivity contribution in [2.75, 3.05) is 6.54 Å². The average molecular weight is 274 g/mol. The number of nitrogens with one attached hydrogen (secondary N) is 2. The largest absolute Gasteiger partial charge is 0.463 e. The molecule has 5 heteroatoms. The van der Waals surface area contributed by atoms with E-state index in [4.69, 9.17) is 4.42 Å². The molecule has 1 amide bonds. The Morgan fingerprint density at radius 3 is 2.75 bits per heavy atom. The fourth-order valence-corrected chi connectivity index (χ4v) is 1.80. The van der Waals surface area contributed by atoms with Crippen molar-refractivity contribution in [1.29, 1.82) is 0 Å². The van der Waals surface area contributed by atoms with Gasteiger partial charge in [-0.2, -0.15) is 0 Å². The molecular weight excluding hydrogens is 256 g/mol. The van der Waals surface area contributed by atoms with Gasteiger partial charge in [-0.05, 0) is 36.6 Å². The molecule has 2 N–H and O–H groups in total. The van der Waals surface area contributed by atoms with Gasteiger partial charge in [-0.25, -0.2) is 0 Å². The van der Waals surface area contributed by atoms with E-state index in [1.54, 1.807) is 18.2 Å². The Labute approximate surface area is 117 Å². The summed E-state index contributed by atoms with van der Waals surface area (Å²) < 4.78 is 5.20. The smallest absolute Gasteiger partial charge is 0.261 e. The summed E-state index contributed by atoms with van der Waals surface area (Å²) in [5.41, 5.74) is 0.253. The highest BCUT2D eigenvalue weighted by Gasteiger charge is 2.11. The van der Waals surface area contributed by atoms with Crippen molar-refractivity contribution in [2.45, 2.75) is 20.3 Å². The number of furan rings is 1. The molecule has 2 heterocycles. The van der Waals surface area contributed by atoms with E-state index >= 15 is 0 Å². The maximum absolute atomic E-state index is 11.9. The molecule has 0 radical (unpaired) electrons. The third-order valence-corrected chi connectivity index (χ3v) is 2.95. The van der Waals surface area contributed by atoms with E-state index in [-0.39, 0.29) is 11.5 Å². The first-order valence-electron chi connectivity index (χ1n) is 6.63. The molecule has 0 aliphatic heterocycles. The van der Waals surface area contributed by atoms with E-state index < -0.39 is 5.56 Å². The van der Waals surface area contributed by atoms with Crippen LogP contribution in [0.4, 0.5) is 0 Å². The van der Waals surface area contributed by atoms with E-state index in [9.17, 15) is 9.59 Å². The van der Waals surface area contributed by atoms with Crippen LogP contribution in [0.3, 0.4) is 0 Å². The van der Waals surface area contributed by atoms with Gasteiger partial charge >= 0.3 is 0 Å². The molecule has 0 fully saturated rings. The van der Waals surface area contributed by atoms with Crippen LogP contribution in [0.5, 0.6) is 0 Å². The van der Waals surface area contributed by atoms with Gasteiger partial charge in [0.2, 0.25) is 0 Å². The van der Waals surface area contributed by atoms with Gasteiger partial charge < -0.3 is 14.7 Å². The number of aromatic nitrogens is 1. The van der Waals surface area contributed by atoms with Gasteiger partial charge in [0.25, 0.3) is 11.5 Å². The van der Waals surface area contributed by atoms with Crippen molar-refractivity contribution in [2.24, 2.45) is 5.92 Å². The van der Waals surface area contributed by atoms with Crippen LogP contribution in [-0.4, -0.2) is 17.4 Å². The van der Waals surface area contributed by atoms with Gasteiger partial charge in [0.15, 0.2) is 0 Å². The third kappa shape index (κ3) is 3.38. The lowest BCUT2D eigenvalue weighted by Crippen LogP contribution is -2.30. The zero-order valence-electron chi connectivity index (χ0n) is 11.6. The summed E-state index contributed by atoms with van der Waals surface area (Å²) in [6, 6.07) is 6.66. The molecule has 0 atom stereocenters. The molecule has 2 aromatic heterocycles. The van der Waals surface area contributed by atoms with Crippen molar-refractivity contribution in [3.63, 3.8) is 0 Å². The lowest BCUT2D eigenvalue weighted by Gasteiger charge is -2.07. The van der Waals surface area contributed by atoms with Gasteiger partial charge in [-0.3, -0.25) is 9.59 Å². The molecule has 0 aliphatic carbocycles. The highest BCUT2D eigenvalue weighted by Crippen LogP contribution is 2.15. The number of aromatic amines is 1. The van der Waals surface area contributed by atoms with Crippen molar-refractivity contribution in [3.8, 4) is 11.5 Å². The summed E-state index contributed by atoms with van der Waals surface area (Å²) in [5.74, 6) is 0.724. The van der Waals surface area contributed by atoms with Crippen LogP contribution in [0.1, 0.15) is 30.6 Å². The zero-order chi connectivity index (χ0) is 14.5. The average Bonchev–Trinajstić information content (AvgIpc) is 2.91. The number of carbonyl (C=O) groups is 1. The van der Waals surface area contributed by atoms with Gasteiger partial charge in [-0.15, -0.1) is 0 Å². The van der Waals surface area contributed by atoms with E-state index in [1.807, 2.05) is 0 Å². The van der Waals surface area contributed by atoms with Gasteiger partial charge in [0, 0.05) is 6.54 Å². The first kappa shape index (κ1) is 14.1. The highest BCUT2D eigenvalue weighted by atomic mass is 16.3. The summed E-state index contributed by atoms with van der Waals surface area (Å²) in [6.07, 6.45) is 2.41. The number of hydrogen-bond acceptors (Lipinski definition) is 3. The highest BCUT2D eigenvalue weighted by molar-refractivity contribution is 5.93. The Hall–Kier alpha value is -2.30. The summed E-state index contributed by atoms with van der Waals surface area (Å²) in [5, 5.41) is 2.74. The predicted molar refractivity (Wildman–Crippen MR) is 76.6 cm³/mol. The van der Waals surface area contributed by atoms with E-state index in [0.717, 1.165) is 6.42 Å². The number of H-pyrrole nitrogens is 1. The van der Waals surface area contributed by atoms with E-state index in [0.29, 0.717) is 23.9 Å². The van der Waals surface area contributed by atoms with Crippen LogP contribution in [-0.2, 0) is 0 Å². The number of carbonyl (C=O) groups excluding carboxylic acids is 1. The fourth-order valence-electron chi connectivity index (χ4n) is 1.80. The normalized spacial score (nSPS) is 10.8. The first-order chi connectivity index (χ1) is 9.58. The van der Waals surface area contributed by atoms with E-state index in [2.05, 4.69) is 24.1 Å². The zero-order valence-corrected chi connectivity index (χ0v) is 11.6. The molecule has 0 saturated heterocycles. The minimum Gasteiger partial charge on any atom is -0.463 e. The van der Waals surface area contributed by atoms with Crippen LogP contribution < -0.4 is 10.9 Å². The number of hydrogen-bond donors (Lipinski definition) is 2. The molecule has 106 valence electrons. The second-order valence-corrected chi connectivity index (χ2v) is 5.03. The van der Waals surface area contributed by atoms with Gasteiger partial charge in [0.1, 0.15) is 11.3 Å². The third-order valence-electron chi connectivity index (χ3n) is 2.95. The summed E-state index contributed by atoms with van der Waals surface area (Å²) >= 11 is 0. The molecule has 2 rings (SSSR count). The Morgan fingerprint density at radius 2 is 2.15 bits per heavy atom. The minimum absolute atomic E-state index is 0.115. The SMILES string of the molecule is CC(C)CCNC(=O)c1ccc(-c2ccco2)[nH]c1=O. The minimum atomic E-state index is -0.416. The van der Waals surface area contributed by atoms with Crippen LogP contribution >= 0.6 is 0 Å². The van der Waals surface area contributed by atoms with Gasteiger partial charge in [0.05, 0.1) is 12.0 Å². The summed E-state index contributed by atoms with van der Waals surface area (Å²) in [7, 11) is 0. The molecule has 0 spiro atoms. The summed E-state index contributed by atoms with van der Waals surface area (Å²) in [6.45, 7) is 4.73. The van der Waals surface area contributed by atoms with Crippen LogP contribution in [0.15, 0.2) is 39.7 Å². The van der Waals surface area contributed by atoms with Crippen molar-refractivity contribution >= 4 is 5.91 Å². The quantitative estimate of drug-likeness (QED) is 0.879. The molecule has 20 heavy (non-hydrogen) atoms. The van der Waals surface area contributed by atoms with Crippen molar-refractivity contribution < 1.29 is 9.21 Å². The molecule has 5 nitrogen and oxygen atoms in total. The molecular formula is C15H18N2O3. The molecule has 0 aliphatic rings. The Balaban J connectivity index is 2.10. The van der Waals surface area contributed by atoms with Crippen LogP contribution in [0, 0.1) is 5.92 Å². The lowest BCUT2D eigenvalue weighted by molar-refractivity contribution is 0.0950. The molecule has 0 aromatic carbocycles. The Kier molecular flexibility index (Phi) is 4.40. The second-order valence-electron chi connectivity index (χ2n) is 5.03. The Morgan fingerprint density at radius 1 is 1.35 bits per heavy atom. The fraction of sp³-hybridized carbons (Fsp3) is 0.333. The standard InChI is InChI=1S/C15H18N2O3/c1-10(2)7-8-16-14(18)11-5-6-12(17-15(11)19)13-4-3-9-20-13/h3-6,9-10H,7-8H2,1-2H3,(H,16,18)(H,17,19). The molecule has 0 unspecified atom stereocenters. The summed E-state index contributed by atoms with van der Waals surface area (Å²) in [4.78, 5) is 26.5. The number of pyridine rings is 1. The maximum Gasteiger partial charge on any atom is 0.261 e. The number of rotatable bonds is 5. The predicted octanol–water partition coefficient (Wildman–Crippen LogP) is 2.41. The van der Waals surface area contributed by atoms with Crippen LogP contribution in [0.2, 0.25) is 0 Å². The molecule has 0 saturated carbocycles. The van der Waals surface area contributed by atoms with E-state index in [1.165, 1.54) is 12.3 Å². The first-order valence-corrected chi connectivity index (χ1v) is 6.63. The lowest BCUT2D eigenvalue weighted by atomic mass is 10.1. The number of amides is 1. The monoisotopic (exact) mass is 274 g/mol. The second kappa shape index (κ2) is 6.23. The molecule has 0 bridgehead atoms.